The van der Waals surface area contributed by atoms with Crippen molar-refractivity contribution in [2.45, 2.75) is 30.7 Å². The molecule has 0 radical (unpaired) electrons. The molecule has 1 atom stereocenters. The fourth-order valence-corrected chi connectivity index (χ4v) is 4.04. The zero-order valence-corrected chi connectivity index (χ0v) is 14.4. The van der Waals surface area contributed by atoms with Crippen LogP contribution in [0.4, 0.5) is 13.2 Å². The number of rotatable bonds is 1. The summed E-state index contributed by atoms with van der Waals surface area (Å²) in [5.74, 6) is 0. The lowest BCUT2D eigenvalue weighted by atomic mass is 9.82. The number of fused-ring (bicyclic) bond motifs is 2. The van der Waals surface area contributed by atoms with Crippen LogP contribution in [0.2, 0.25) is 0 Å². The highest BCUT2D eigenvalue weighted by atomic mass is 19.4. The summed E-state index contributed by atoms with van der Waals surface area (Å²) in [6.07, 6.45) is -3.97. The highest BCUT2D eigenvalue weighted by molar-refractivity contribution is 5.46. The van der Waals surface area contributed by atoms with E-state index < -0.39 is 23.4 Å². The Hall–Kier alpha value is -1.89. The normalized spacial score (nSPS) is 31.2. The van der Waals surface area contributed by atoms with Gasteiger partial charge in [0, 0.05) is 12.8 Å². The van der Waals surface area contributed by atoms with Crippen LogP contribution >= 0.6 is 0 Å². The first-order valence-corrected chi connectivity index (χ1v) is 8.70. The molecular formula is C20H20F3NO2. The van der Waals surface area contributed by atoms with E-state index >= 15 is 0 Å². The lowest BCUT2D eigenvalue weighted by Crippen LogP contribution is -2.50. The summed E-state index contributed by atoms with van der Waals surface area (Å²) >= 11 is 0. The standard InChI is InChI=1S/C20H20F3NO2/c1-24(25)11-9-19(10-12-24)17-13-15(20(21,22)23)7-8-16(17)18(26-19)14-5-3-2-4-6-14/h2-8,13,18H,9-12H2,1H3. The van der Waals surface area contributed by atoms with Crippen LogP contribution in [0.25, 0.3) is 0 Å². The zero-order valence-electron chi connectivity index (χ0n) is 14.4. The number of hydrogen-bond donors (Lipinski definition) is 0. The SMILES string of the molecule is C[N+]1([O-])CCC2(CC1)OC(c1ccccc1)c1ccc(C(F)(F)F)cc12. The van der Waals surface area contributed by atoms with Gasteiger partial charge in [-0.15, -0.1) is 0 Å². The fourth-order valence-electron chi connectivity index (χ4n) is 4.04. The molecular weight excluding hydrogens is 343 g/mol. The first-order valence-electron chi connectivity index (χ1n) is 8.70. The molecule has 2 aromatic carbocycles. The number of nitrogens with zero attached hydrogens (tertiary/aromatic N) is 1. The summed E-state index contributed by atoms with van der Waals surface area (Å²) in [5, 5.41) is 12.3. The maximum absolute atomic E-state index is 13.3. The van der Waals surface area contributed by atoms with E-state index in [-0.39, 0.29) is 4.65 Å². The van der Waals surface area contributed by atoms with Gasteiger partial charge in [-0.05, 0) is 28.8 Å². The Labute approximate surface area is 150 Å². The molecule has 2 aliphatic heterocycles. The smallest absolute Gasteiger partial charge is 0.416 e. The predicted octanol–water partition coefficient (Wildman–Crippen LogP) is 4.76. The van der Waals surface area contributed by atoms with Crippen molar-refractivity contribution in [3.8, 4) is 0 Å². The molecule has 138 valence electrons. The lowest BCUT2D eigenvalue weighted by Gasteiger charge is -2.47. The highest BCUT2D eigenvalue weighted by Crippen LogP contribution is 2.52. The fraction of sp³-hybridized carbons (Fsp3) is 0.400. The number of quaternary nitrogens is 1. The van der Waals surface area contributed by atoms with Crippen LogP contribution in [0, 0.1) is 5.21 Å². The van der Waals surface area contributed by atoms with E-state index in [1.54, 1.807) is 7.05 Å². The predicted molar refractivity (Wildman–Crippen MR) is 91.0 cm³/mol. The third kappa shape index (κ3) is 2.92. The van der Waals surface area contributed by atoms with Crippen molar-refractivity contribution in [3.05, 3.63) is 76.0 Å². The summed E-state index contributed by atoms with van der Waals surface area (Å²) in [5.41, 5.74) is 0.777. The Balaban J connectivity index is 1.81. The monoisotopic (exact) mass is 363 g/mol. The van der Waals surface area contributed by atoms with E-state index in [9.17, 15) is 18.4 Å². The van der Waals surface area contributed by atoms with Crippen LogP contribution in [-0.4, -0.2) is 24.8 Å². The van der Waals surface area contributed by atoms with Crippen LogP contribution in [0.15, 0.2) is 48.5 Å². The third-order valence-electron chi connectivity index (χ3n) is 5.58. The number of ether oxygens (including phenoxy) is 1. The van der Waals surface area contributed by atoms with Gasteiger partial charge in [0.05, 0.1) is 25.7 Å². The van der Waals surface area contributed by atoms with Gasteiger partial charge < -0.3 is 14.6 Å². The van der Waals surface area contributed by atoms with E-state index in [1.807, 2.05) is 30.3 Å². The molecule has 2 aromatic rings. The van der Waals surface area contributed by atoms with Crippen molar-refractivity contribution >= 4 is 0 Å². The maximum atomic E-state index is 13.3. The van der Waals surface area contributed by atoms with E-state index in [0.717, 1.165) is 17.2 Å². The summed E-state index contributed by atoms with van der Waals surface area (Å²) in [6, 6.07) is 13.4. The summed E-state index contributed by atoms with van der Waals surface area (Å²) < 4.78 is 45.8. The van der Waals surface area contributed by atoms with E-state index in [0.29, 0.717) is 31.5 Å². The van der Waals surface area contributed by atoms with Gasteiger partial charge in [0.25, 0.3) is 0 Å². The van der Waals surface area contributed by atoms with Crippen LogP contribution in [0.1, 0.15) is 41.2 Å². The van der Waals surface area contributed by atoms with Gasteiger partial charge in [-0.2, -0.15) is 13.2 Å². The van der Waals surface area contributed by atoms with Crippen molar-refractivity contribution < 1.29 is 22.6 Å². The Morgan fingerprint density at radius 2 is 1.73 bits per heavy atom. The molecule has 0 aliphatic carbocycles. The highest BCUT2D eigenvalue weighted by Gasteiger charge is 2.50. The third-order valence-corrected chi connectivity index (χ3v) is 5.58. The summed E-state index contributed by atoms with van der Waals surface area (Å²) in [7, 11) is 1.60. The van der Waals surface area contributed by atoms with Crippen molar-refractivity contribution in [1.29, 1.82) is 0 Å². The largest absolute Gasteiger partial charge is 0.633 e. The number of hydroxylamine groups is 3. The molecule has 1 spiro atoms. The average Bonchev–Trinajstić information content (AvgIpc) is 2.92. The molecule has 0 aromatic heterocycles. The molecule has 3 nitrogen and oxygen atoms in total. The minimum Gasteiger partial charge on any atom is -0.633 e. The van der Waals surface area contributed by atoms with Gasteiger partial charge in [-0.3, -0.25) is 0 Å². The van der Waals surface area contributed by atoms with Crippen LogP contribution in [0.3, 0.4) is 0 Å². The topological polar surface area (TPSA) is 32.3 Å². The quantitative estimate of drug-likeness (QED) is 0.541. The van der Waals surface area contributed by atoms with Gasteiger partial charge in [0.2, 0.25) is 0 Å². The summed E-state index contributed by atoms with van der Waals surface area (Å²) in [6.45, 7) is 0.661. The Morgan fingerprint density at radius 1 is 1.08 bits per heavy atom. The lowest BCUT2D eigenvalue weighted by molar-refractivity contribution is -0.869. The molecule has 2 heterocycles. The average molecular weight is 363 g/mol. The molecule has 26 heavy (non-hydrogen) atoms. The molecule has 4 rings (SSSR count). The molecule has 1 fully saturated rings. The number of piperidine rings is 1. The number of likely N-dealkylation sites (tertiary alicyclic amines) is 1. The maximum Gasteiger partial charge on any atom is 0.416 e. The molecule has 6 heteroatoms. The van der Waals surface area contributed by atoms with Gasteiger partial charge in [0.1, 0.15) is 11.7 Å². The first kappa shape index (κ1) is 17.5. The molecule has 2 aliphatic rings. The molecule has 1 unspecified atom stereocenters. The van der Waals surface area contributed by atoms with Gasteiger partial charge in [0.15, 0.2) is 0 Å². The van der Waals surface area contributed by atoms with Crippen molar-refractivity contribution in [1.82, 2.24) is 0 Å². The van der Waals surface area contributed by atoms with Gasteiger partial charge in [-0.25, -0.2) is 0 Å². The summed E-state index contributed by atoms with van der Waals surface area (Å²) in [4.78, 5) is 0. The molecule has 0 N–H and O–H groups in total. The second kappa shape index (κ2) is 5.81. The van der Waals surface area contributed by atoms with Crippen molar-refractivity contribution in [2.24, 2.45) is 0 Å². The first-order chi connectivity index (χ1) is 12.2. The molecule has 0 bridgehead atoms. The van der Waals surface area contributed by atoms with E-state index in [4.69, 9.17) is 4.74 Å². The Kier molecular flexibility index (Phi) is 3.91. The van der Waals surface area contributed by atoms with Crippen LogP contribution in [0.5, 0.6) is 0 Å². The van der Waals surface area contributed by atoms with E-state index in [1.165, 1.54) is 12.1 Å². The van der Waals surface area contributed by atoms with Crippen LogP contribution < -0.4 is 0 Å². The Morgan fingerprint density at radius 3 is 2.35 bits per heavy atom. The zero-order chi connectivity index (χ0) is 18.6. The van der Waals surface area contributed by atoms with Gasteiger partial charge >= 0.3 is 6.18 Å². The second-order valence-corrected chi connectivity index (χ2v) is 7.45. The minimum atomic E-state index is -4.40. The number of hydrogen-bond acceptors (Lipinski definition) is 2. The number of halogens is 3. The molecule has 0 amide bonds. The second-order valence-electron chi connectivity index (χ2n) is 7.45. The van der Waals surface area contributed by atoms with Crippen LogP contribution in [-0.2, 0) is 16.5 Å². The van der Waals surface area contributed by atoms with Crippen molar-refractivity contribution in [3.63, 3.8) is 0 Å². The molecule has 1 saturated heterocycles. The molecule has 0 saturated carbocycles. The number of benzene rings is 2. The van der Waals surface area contributed by atoms with E-state index in [2.05, 4.69) is 0 Å². The minimum absolute atomic E-state index is 0.331. The Bertz CT molecular complexity index is 808. The van der Waals surface area contributed by atoms with Crippen molar-refractivity contribution in [2.75, 3.05) is 20.1 Å². The number of alkyl halides is 3. The van der Waals surface area contributed by atoms with Gasteiger partial charge in [-0.1, -0.05) is 36.4 Å².